The van der Waals surface area contributed by atoms with E-state index < -0.39 is 0 Å². The van der Waals surface area contributed by atoms with Crippen LogP contribution in [0.25, 0.3) is 5.52 Å². The van der Waals surface area contributed by atoms with Gasteiger partial charge in [0.2, 0.25) is 5.91 Å². The lowest BCUT2D eigenvalue weighted by molar-refractivity contribution is -0.120. The van der Waals surface area contributed by atoms with Crippen molar-refractivity contribution in [3.8, 4) is 0 Å². The number of halogens is 1. The van der Waals surface area contributed by atoms with Gasteiger partial charge < -0.3 is 10.6 Å². The van der Waals surface area contributed by atoms with Gasteiger partial charge in [0.15, 0.2) is 5.69 Å². The molecule has 0 saturated heterocycles. The molecule has 0 aliphatic heterocycles. The Morgan fingerprint density at radius 2 is 1.88 bits per heavy atom. The SMILES string of the molecule is O=C(CNC(=O)c1cc2ccccn2n1)NCc1ccc(Cl)cc1. The number of rotatable bonds is 5. The van der Waals surface area contributed by atoms with Crippen LogP contribution in [0, 0.1) is 0 Å². The molecule has 122 valence electrons. The molecule has 2 N–H and O–H groups in total. The van der Waals surface area contributed by atoms with E-state index in [0.717, 1.165) is 11.1 Å². The van der Waals surface area contributed by atoms with Crippen LogP contribution in [0.4, 0.5) is 0 Å². The molecule has 0 bridgehead atoms. The van der Waals surface area contributed by atoms with E-state index in [0.29, 0.717) is 11.6 Å². The highest BCUT2D eigenvalue weighted by Gasteiger charge is 2.11. The van der Waals surface area contributed by atoms with Crippen molar-refractivity contribution < 1.29 is 9.59 Å². The van der Waals surface area contributed by atoms with E-state index >= 15 is 0 Å². The van der Waals surface area contributed by atoms with Gasteiger partial charge in [-0.1, -0.05) is 29.8 Å². The Labute approximate surface area is 143 Å². The number of hydrogen-bond acceptors (Lipinski definition) is 3. The van der Waals surface area contributed by atoms with E-state index in [4.69, 9.17) is 11.6 Å². The Hall–Kier alpha value is -2.86. The summed E-state index contributed by atoms with van der Waals surface area (Å²) < 4.78 is 1.61. The van der Waals surface area contributed by atoms with E-state index in [2.05, 4.69) is 15.7 Å². The third-order valence-electron chi connectivity index (χ3n) is 3.42. The maximum absolute atomic E-state index is 12.0. The summed E-state index contributed by atoms with van der Waals surface area (Å²) in [4.78, 5) is 23.9. The van der Waals surface area contributed by atoms with Crippen LogP contribution in [0.3, 0.4) is 0 Å². The average Bonchev–Trinajstić information content (AvgIpc) is 3.03. The smallest absolute Gasteiger partial charge is 0.272 e. The Morgan fingerprint density at radius 3 is 2.62 bits per heavy atom. The van der Waals surface area contributed by atoms with Crippen LogP contribution < -0.4 is 10.6 Å². The predicted octanol–water partition coefficient (Wildman–Crippen LogP) is 2.03. The molecule has 0 radical (unpaired) electrons. The molecule has 2 amide bonds. The van der Waals surface area contributed by atoms with Gasteiger partial charge >= 0.3 is 0 Å². The molecule has 2 heterocycles. The van der Waals surface area contributed by atoms with E-state index in [-0.39, 0.29) is 24.1 Å². The number of benzene rings is 1. The summed E-state index contributed by atoms with van der Waals surface area (Å²) in [5.74, 6) is -0.664. The summed E-state index contributed by atoms with van der Waals surface area (Å²) in [5, 5.41) is 10.1. The number of hydrogen-bond donors (Lipinski definition) is 2. The van der Waals surface area contributed by atoms with Crippen LogP contribution in [-0.2, 0) is 11.3 Å². The summed E-state index contributed by atoms with van der Waals surface area (Å²) in [6, 6.07) is 14.4. The third-order valence-corrected chi connectivity index (χ3v) is 3.67. The first-order valence-corrected chi connectivity index (χ1v) is 7.73. The van der Waals surface area contributed by atoms with Crippen molar-refractivity contribution in [3.05, 3.63) is 71.0 Å². The first kappa shape index (κ1) is 16.0. The molecule has 2 aromatic heterocycles. The maximum Gasteiger partial charge on any atom is 0.272 e. The van der Waals surface area contributed by atoms with Gasteiger partial charge in [0, 0.05) is 17.8 Å². The van der Waals surface area contributed by atoms with Crippen LogP contribution in [-0.4, -0.2) is 28.0 Å². The summed E-state index contributed by atoms with van der Waals surface area (Å²) in [5.41, 5.74) is 2.01. The molecule has 0 unspecified atom stereocenters. The minimum absolute atomic E-state index is 0.111. The fourth-order valence-corrected chi connectivity index (χ4v) is 2.29. The molecule has 0 aliphatic rings. The van der Waals surface area contributed by atoms with Crippen LogP contribution in [0.1, 0.15) is 16.1 Å². The van der Waals surface area contributed by atoms with Gasteiger partial charge in [0.25, 0.3) is 5.91 Å². The highest BCUT2D eigenvalue weighted by atomic mass is 35.5. The zero-order valence-corrected chi connectivity index (χ0v) is 13.5. The van der Waals surface area contributed by atoms with Gasteiger partial charge in [0.1, 0.15) is 0 Å². The van der Waals surface area contributed by atoms with Gasteiger partial charge in [0.05, 0.1) is 12.1 Å². The summed E-state index contributed by atoms with van der Waals surface area (Å²) in [6.07, 6.45) is 1.75. The second-order valence-electron chi connectivity index (χ2n) is 5.19. The zero-order chi connectivity index (χ0) is 16.9. The molecule has 6 nitrogen and oxygen atoms in total. The van der Waals surface area contributed by atoms with Crippen molar-refractivity contribution in [1.29, 1.82) is 0 Å². The van der Waals surface area contributed by atoms with Crippen LogP contribution in [0.2, 0.25) is 5.02 Å². The average molecular weight is 343 g/mol. The lowest BCUT2D eigenvalue weighted by Crippen LogP contribution is -2.36. The lowest BCUT2D eigenvalue weighted by Gasteiger charge is -2.06. The van der Waals surface area contributed by atoms with E-state index in [1.807, 2.05) is 30.3 Å². The molecule has 0 spiro atoms. The number of pyridine rings is 1. The molecular formula is C17H15ClN4O2. The maximum atomic E-state index is 12.0. The molecule has 0 atom stereocenters. The van der Waals surface area contributed by atoms with Crippen molar-refractivity contribution in [2.45, 2.75) is 6.54 Å². The van der Waals surface area contributed by atoms with Crippen molar-refractivity contribution in [2.24, 2.45) is 0 Å². The van der Waals surface area contributed by atoms with Crippen LogP contribution >= 0.6 is 11.6 Å². The first-order chi connectivity index (χ1) is 11.6. The third kappa shape index (κ3) is 3.91. The Bertz CT molecular complexity index is 841. The molecule has 0 saturated carbocycles. The minimum Gasteiger partial charge on any atom is -0.350 e. The first-order valence-electron chi connectivity index (χ1n) is 7.35. The van der Waals surface area contributed by atoms with Crippen LogP contribution in [0.15, 0.2) is 54.7 Å². The van der Waals surface area contributed by atoms with Crippen molar-refractivity contribution in [1.82, 2.24) is 20.2 Å². The standard InChI is InChI=1S/C17H15ClN4O2/c18-13-6-4-12(5-7-13)10-19-16(23)11-20-17(24)15-9-14-3-1-2-8-22(14)21-15/h1-9H,10-11H2,(H,19,23)(H,20,24). The van der Waals surface area contributed by atoms with Crippen molar-refractivity contribution in [2.75, 3.05) is 6.54 Å². The number of carbonyl (C=O) groups excluding carboxylic acids is 2. The zero-order valence-electron chi connectivity index (χ0n) is 12.7. The van der Waals surface area contributed by atoms with E-state index in [1.165, 1.54) is 0 Å². The molecule has 0 aliphatic carbocycles. The normalized spacial score (nSPS) is 10.5. The molecule has 7 heteroatoms. The van der Waals surface area contributed by atoms with Gasteiger partial charge in [-0.05, 0) is 35.9 Å². The number of nitrogens with one attached hydrogen (secondary N) is 2. The van der Waals surface area contributed by atoms with Gasteiger partial charge in [-0.25, -0.2) is 4.52 Å². The summed E-state index contributed by atoms with van der Waals surface area (Å²) in [6.45, 7) is 0.264. The molecule has 3 aromatic rings. The number of aromatic nitrogens is 2. The fraction of sp³-hybridized carbons (Fsp3) is 0.118. The monoisotopic (exact) mass is 342 g/mol. The quantitative estimate of drug-likeness (QED) is 0.745. The summed E-state index contributed by atoms with van der Waals surface area (Å²) >= 11 is 5.80. The van der Waals surface area contributed by atoms with Crippen molar-refractivity contribution in [3.63, 3.8) is 0 Å². The molecule has 3 rings (SSSR count). The van der Waals surface area contributed by atoms with Crippen LogP contribution in [0.5, 0.6) is 0 Å². The van der Waals surface area contributed by atoms with Gasteiger partial charge in [-0.3, -0.25) is 9.59 Å². The fourth-order valence-electron chi connectivity index (χ4n) is 2.17. The Balaban J connectivity index is 1.50. The molecule has 1 aromatic carbocycles. The highest BCUT2D eigenvalue weighted by molar-refractivity contribution is 6.30. The van der Waals surface area contributed by atoms with Gasteiger partial charge in [-0.15, -0.1) is 0 Å². The van der Waals surface area contributed by atoms with E-state index in [1.54, 1.807) is 28.9 Å². The molecule has 24 heavy (non-hydrogen) atoms. The lowest BCUT2D eigenvalue weighted by atomic mass is 10.2. The number of nitrogens with zero attached hydrogens (tertiary/aromatic N) is 2. The van der Waals surface area contributed by atoms with E-state index in [9.17, 15) is 9.59 Å². The molecule has 0 fully saturated rings. The minimum atomic E-state index is -0.389. The number of fused-ring (bicyclic) bond motifs is 1. The Morgan fingerprint density at radius 1 is 1.08 bits per heavy atom. The molecular weight excluding hydrogens is 328 g/mol. The summed E-state index contributed by atoms with van der Waals surface area (Å²) in [7, 11) is 0. The highest BCUT2D eigenvalue weighted by Crippen LogP contribution is 2.09. The predicted molar refractivity (Wildman–Crippen MR) is 90.8 cm³/mol. The van der Waals surface area contributed by atoms with Crippen molar-refractivity contribution >= 4 is 28.9 Å². The topological polar surface area (TPSA) is 75.5 Å². The number of amides is 2. The Kier molecular flexibility index (Phi) is 4.77. The van der Waals surface area contributed by atoms with Gasteiger partial charge in [-0.2, -0.15) is 5.10 Å². The number of carbonyl (C=O) groups is 2. The largest absolute Gasteiger partial charge is 0.350 e. The second-order valence-corrected chi connectivity index (χ2v) is 5.62. The second kappa shape index (κ2) is 7.14.